The van der Waals surface area contributed by atoms with Gasteiger partial charge < -0.3 is 10.1 Å². The molecule has 1 aliphatic rings. The lowest BCUT2D eigenvalue weighted by molar-refractivity contribution is 0.415. The number of hydrogen-bond donors (Lipinski definition) is 1. The molecule has 0 saturated carbocycles. The molecular formula is C11H13NO. The van der Waals surface area contributed by atoms with Gasteiger partial charge in [-0.05, 0) is 24.6 Å². The molecule has 1 N–H and O–H groups in total. The molecular weight excluding hydrogens is 162 g/mol. The molecule has 0 bridgehead atoms. The first-order chi connectivity index (χ1) is 6.40. The Morgan fingerprint density at radius 1 is 1.38 bits per heavy atom. The molecule has 0 saturated heterocycles. The molecule has 68 valence electrons. The summed E-state index contributed by atoms with van der Waals surface area (Å²) in [6.07, 6.45) is 5.40. The number of anilines is 1. The van der Waals surface area contributed by atoms with Crippen molar-refractivity contribution in [1.82, 2.24) is 0 Å². The Kier molecular flexibility index (Phi) is 2.21. The largest absolute Gasteiger partial charge is 0.497 e. The van der Waals surface area contributed by atoms with Crippen molar-refractivity contribution in [2.75, 3.05) is 19.0 Å². The number of nitrogens with one attached hydrogen (secondary N) is 1. The molecule has 1 heterocycles. The van der Waals surface area contributed by atoms with Gasteiger partial charge in [0.25, 0.3) is 0 Å². The molecule has 0 unspecified atom stereocenters. The minimum Gasteiger partial charge on any atom is -0.497 e. The molecule has 0 amide bonds. The molecule has 1 aliphatic heterocycles. The van der Waals surface area contributed by atoms with Gasteiger partial charge in [-0.15, -0.1) is 0 Å². The Balaban J connectivity index is 2.41. The third-order valence-corrected chi connectivity index (χ3v) is 2.18. The summed E-state index contributed by atoms with van der Waals surface area (Å²) < 4.78 is 5.16. The maximum absolute atomic E-state index is 5.16. The van der Waals surface area contributed by atoms with Gasteiger partial charge in [0, 0.05) is 17.8 Å². The highest BCUT2D eigenvalue weighted by Gasteiger charge is 2.03. The van der Waals surface area contributed by atoms with Gasteiger partial charge in [0.05, 0.1) is 7.11 Å². The van der Waals surface area contributed by atoms with Crippen LogP contribution in [0.3, 0.4) is 0 Å². The average Bonchev–Trinajstić information content (AvgIpc) is 2.41. The summed E-state index contributed by atoms with van der Waals surface area (Å²) >= 11 is 0. The maximum atomic E-state index is 5.16. The van der Waals surface area contributed by atoms with Crippen molar-refractivity contribution in [2.45, 2.75) is 6.42 Å². The highest BCUT2D eigenvalue weighted by Crippen LogP contribution is 2.24. The topological polar surface area (TPSA) is 21.3 Å². The third kappa shape index (κ3) is 1.66. The summed E-state index contributed by atoms with van der Waals surface area (Å²) in [5.41, 5.74) is 2.39. The van der Waals surface area contributed by atoms with Gasteiger partial charge in [-0.3, -0.25) is 0 Å². The van der Waals surface area contributed by atoms with E-state index in [0.717, 1.165) is 18.7 Å². The number of methoxy groups -OCH3 is 1. The fourth-order valence-electron chi connectivity index (χ4n) is 1.47. The number of fused-ring (bicyclic) bond motifs is 1. The van der Waals surface area contributed by atoms with E-state index in [0.29, 0.717) is 0 Å². The van der Waals surface area contributed by atoms with Gasteiger partial charge in [-0.1, -0.05) is 12.2 Å². The van der Waals surface area contributed by atoms with E-state index >= 15 is 0 Å². The molecule has 0 atom stereocenters. The Bertz CT molecular complexity index is 331. The molecule has 0 fully saturated rings. The average molecular weight is 175 g/mol. The first-order valence-electron chi connectivity index (χ1n) is 4.48. The van der Waals surface area contributed by atoms with Crippen molar-refractivity contribution in [3.05, 3.63) is 29.8 Å². The van der Waals surface area contributed by atoms with Crippen molar-refractivity contribution in [2.24, 2.45) is 0 Å². The Morgan fingerprint density at radius 2 is 2.31 bits per heavy atom. The lowest BCUT2D eigenvalue weighted by Gasteiger charge is -2.07. The van der Waals surface area contributed by atoms with Crippen LogP contribution in [0.2, 0.25) is 0 Å². The second-order valence-electron chi connectivity index (χ2n) is 3.07. The number of ether oxygens (including phenoxy) is 1. The number of rotatable bonds is 1. The summed E-state index contributed by atoms with van der Waals surface area (Å²) in [5.74, 6) is 0.909. The molecule has 0 radical (unpaired) electrons. The predicted octanol–water partition coefficient (Wildman–Crippen LogP) is 2.52. The third-order valence-electron chi connectivity index (χ3n) is 2.18. The lowest BCUT2D eigenvalue weighted by atomic mass is 10.1. The SMILES string of the molecule is COc1ccc2c(c1)C=CCCN2. The minimum absolute atomic E-state index is 0.909. The molecule has 13 heavy (non-hydrogen) atoms. The quantitative estimate of drug-likeness (QED) is 0.708. The molecule has 0 aromatic heterocycles. The van der Waals surface area contributed by atoms with E-state index in [1.54, 1.807) is 7.11 Å². The van der Waals surface area contributed by atoms with Gasteiger partial charge in [-0.2, -0.15) is 0 Å². The zero-order chi connectivity index (χ0) is 9.10. The summed E-state index contributed by atoms with van der Waals surface area (Å²) in [6, 6.07) is 6.08. The molecule has 1 aromatic rings. The summed E-state index contributed by atoms with van der Waals surface area (Å²) in [5, 5.41) is 3.36. The standard InChI is InChI=1S/C11H13NO/c1-13-10-5-6-11-9(8-10)4-2-3-7-12-11/h2,4-6,8,12H,3,7H2,1H3. The van der Waals surface area contributed by atoms with Crippen LogP contribution in [0.25, 0.3) is 6.08 Å². The van der Waals surface area contributed by atoms with Crippen LogP contribution in [0, 0.1) is 0 Å². The van der Waals surface area contributed by atoms with Crippen molar-refractivity contribution in [3.8, 4) is 5.75 Å². The monoisotopic (exact) mass is 175 g/mol. The van der Waals surface area contributed by atoms with Crippen LogP contribution in [0.15, 0.2) is 24.3 Å². The lowest BCUT2D eigenvalue weighted by Crippen LogP contribution is -1.99. The molecule has 2 nitrogen and oxygen atoms in total. The van der Waals surface area contributed by atoms with Crippen molar-refractivity contribution in [3.63, 3.8) is 0 Å². The van der Waals surface area contributed by atoms with Crippen LogP contribution in [-0.2, 0) is 0 Å². The molecule has 2 heteroatoms. The van der Waals surface area contributed by atoms with Gasteiger partial charge in [-0.25, -0.2) is 0 Å². The van der Waals surface area contributed by atoms with Crippen molar-refractivity contribution >= 4 is 11.8 Å². The van der Waals surface area contributed by atoms with Crippen LogP contribution in [0.4, 0.5) is 5.69 Å². The zero-order valence-corrected chi connectivity index (χ0v) is 7.71. The fourth-order valence-corrected chi connectivity index (χ4v) is 1.47. The van der Waals surface area contributed by atoms with Gasteiger partial charge >= 0.3 is 0 Å². The van der Waals surface area contributed by atoms with E-state index in [1.807, 2.05) is 12.1 Å². The van der Waals surface area contributed by atoms with E-state index in [-0.39, 0.29) is 0 Å². The van der Waals surface area contributed by atoms with E-state index in [4.69, 9.17) is 4.74 Å². The van der Waals surface area contributed by atoms with Crippen molar-refractivity contribution in [1.29, 1.82) is 0 Å². The van der Waals surface area contributed by atoms with Crippen LogP contribution >= 0.6 is 0 Å². The van der Waals surface area contributed by atoms with E-state index < -0.39 is 0 Å². The van der Waals surface area contributed by atoms with Gasteiger partial charge in [0.1, 0.15) is 5.75 Å². The fraction of sp³-hybridized carbons (Fsp3) is 0.273. The van der Waals surface area contributed by atoms with Crippen LogP contribution in [0.1, 0.15) is 12.0 Å². The van der Waals surface area contributed by atoms with Crippen LogP contribution in [-0.4, -0.2) is 13.7 Å². The van der Waals surface area contributed by atoms with Gasteiger partial charge in [0.2, 0.25) is 0 Å². The predicted molar refractivity (Wildman–Crippen MR) is 55.1 cm³/mol. The minimum atomic E-state index is 0.909. The van der Waals surface area contributed by atoms with Crippen LogP contribution < -0.4 is 10.1 Å². The first kappa shape index (κ1) is 8.17. The number of benzene rings is 1. The van der Waals surface area contributed by atoms with E-state index in [1.165, 1.54) is 11.3 Å². The number of hydrogen-bond acceptors (Lipinski definition) is 2. The maximum Gasteiger partial charge on any atom is 0.119 e. The summed E-state index contributed by atoms with van der Waals surface area (Å²) in [6.45, 7) is 1.01. The normalized spacial score (nSPS) is 14.2. The van der Waals surface area contributed by atoms with Gasteiger partial charge in [0.15, 0.2) is 0 Å². The second kappa shape index (κ2) is 3.52. The Labute approximate surface area is 78.2 Å². The van der Waals surface area contributed by atoms with E-state index in [9.17, 15) is 0 Å². The van der Waals surface area contributed by atoms with E-state index in [2.05, 4.69) is 23.5 Å². The summed E-state index contributed by atoms with van der Waals surface area (Å²) in [7, 11) is 1.69. The first-order valence-corrected chi connectivity index (χ1v) is 4.48. The highest BCUT2D eigenvalue weighted by atomic mass is 16.5. The second-order valence-corrected chi connectivity index (χ2v) is 3.07. The molecule has 2 rings (SSSR count). The van der Waals surface area contributed by atoms with Crippen molar-refractivity contribution < 1.29 is 4.74 Å². The summed E-state index contributed by atoms with van der Waals surface area (Å²) in [4.78, 5) is 0. The zero-order valence-electron chi connectivity index (χ0n) is 7.71. The molecule has 0 spiro atoms. The highest BCUT2D eigenvalue weighted by molar-refractivity contribution is 5.69. The van der Waals surface area contributed by atoms with Crippen LogP contribution in [0.5, 0.6) is 5.75 Å². The Morgan fingerprint density at radius 3 is 3.15 bits per heavy atom. The smallest absolute Gasteiger partial charge is 0.119 e. The molecule has 1 aromatic carbocycles. The Hall–Kier alpha value is -1.44. The molecule has 0 aliphatic carbocycles.